The minimum atomic E-state index is -0.319. The fraction of sp³-hybridized carbons (Fsp3) is 0.594. The number of fused-ring (bicyclic) bond motifs is 4. The van der Waals surface area contributed by atoms with E-state index in [1.807, 2.05) is 19.1 Å². The lowest BCUT2D eigenvalue weighted by molar-refractivity contribution is -0.0160. The van der Waals surface area contributed by atoms with Crippen molar-refractivity contribution in [1.82, 2.24) is 0 Å². The average molecular weight is 507 g/mol. The van der Waals surface area contributed by atoms with E-state index >= 15 is 0 Å². The Labute approximate surface area is 221 Å². The highest BCUT2D eigenvalue weighted by atomic mass is 16.5. The van der Waals surface area contributed by atoms with E-state index in [0.29, 0.717) is 24.3 Å². The molecule has 0 radical (unpaired) electrons. The minimum absolute atomic E-state index is 0.132. The number of hydrogen-bond acceptors (Lipinski definition) is 5. The van der Waals surface area contributed by atoms with Crippen molar-refractivity contribution in [1.29, 1.82) is 0 Å². The van der Waals surface area contributed by atoms with Crippen LogP contribution in [0.15, 0.2) is 24.3 Å². The first-order valence-electron chi connectivity index (χ1n) is 13.9. The van der Waals surface area contributed by atoms with Gasteiger partial charge in [-0.2, -0.15) is 0 Å². The second-order valence-electron chi connectivity index (χ2n) is 12.7. The molecule has 0 amide bonds. The molecule has 1 unspecified atom stereocenters. The Morgan fingerprint density at radius 2 is 1.73 bits per heavy atom. The molecule has 5 heteroatoms. The standard InChI is InChI=1S/C32H42O5/c1-8-34-30(2,3)14-11-20-17-22(18-21-12-15-32(6,7)37-28(20)21)27-19-25(33)23-9-10-26-24(29(23)35-27)13-16-31(4,5)36-26/h9-10,17-18,27H,8,11-16,19H2,1-7H3. The summed E-state index contributed by atoms with van der Waals surface area (Å²) in [4.78, 5) is 13.3. The molecule has 0 N–H and O–H groups in total. The molecule has 2 aromatic rings. The van der Waals surface area contributed by atoms with Crippen LogP contribution in [0.1, 0.15) is 113 Å². The molecule has 0 saturated heterocycles. The van der Waals surface area contributed by atoms with E-state index in [2.05, 4.69) is 53.7 Å². The van der Waals surface area contributed by atoms with Gasteiger partial charge in [0.25, 0.3) is 0 Å². The van der Waals surface area contributed by atoms with Crippen LogP contribution in [0.25, 0.3) is 0 Å². The van der Waals surface area contributed by atoms with Crippen LogP contribution < -0.4 is 14.2 Å². The number of carbonyl (C=O) groups is 1. The van der Waals surface area contributed by atoms with Gasteiger partial charge in [-0.1, -0.05) is 0 Å². The van der Waals surface area contributed by atoms with Crippen molar-refractivity contribution < 1.29 is 23.7 Å². The van der Waals surface area contributed by atoms with Gasteiger partial charge < -0.3 is 18.9 Å². The maximum absolute atomic E-state index is 13.3. The van der Waals surface area contributed by atoms with Crippen LogP contribution >= 0.6 is 0 Å². The lowest BCUT2D eigenvalue weighted by Gasteiger charge is -2.37. The summed E-state index contributed by atoms with van der Waals surface area (Å²) >= 11 is 0. The third kappa shape index (κ3) is 5.38. The molecule has 0 aliphatic carbocycles. The lowest BCUT2D eigenvalue weighted by atomic mass is 9.86. The molecule has 0 aromatic heterocycles. The molecule has 3 aliphatic heterocycles. The average Bonchev–Trinajstić information content (AvgIpc) is 2.81. The SMILES string of the molecule is CCOC(C)(C)CCc1cc(C2CC(=O)c3ccc4c(c3O2)CCC(C)(C)O4)cc2c1OC(C)(C)CC2. The highest BCUT2D eigenvalue weighted by Gasteiger charge is 2.36. The van der Waals surface area contributed by atoms with Crippen molar-refractivity contribution in [3.05, 3.63) is 52.1 Å². The molecule has 3 aliphatic rings. The van der Waals surface area contributed by atoms with Gasteiger partial charge in [-0.25, -0.2) is 0 Å². The van der Waals surface area contributed by atoms with Gasteiger partial charge in [0, 0.05) is 12.2 Å². The summed E-state index contributed by atoms with van der Waals surface area (Å²) < 4.78 is 25.4. The van der Waals surface area contributed by atoms with Crippen LogP contribution in [-0.2, 0) is 24.0 Å². The number of Topliss-reactive ketones (excluding diaryl/α,β-unsaturated/α-hetero) is 1. The molecule has 1 atom stereocenters. The molecular weight excluding hydrogens is 464 g/mol. The number of rotatable bonds is 6. The first-order chi connectivity index (χ1) is 17.4. The van der Waals surface area contributed by atoms with E-state index in [1.165, 1.54) is 11.1 Å². The molecule has 2 aromatic carbocycles. The fourth-order valence-corrected chi connectivity index (χ4v) is 5.85. The van der Waals surface area contributed by atoms with Gasteiger partial charge in [-0.05, 0) is 128 Å². The van der Waals surface area contributed by atoms with Crippen molar-refractivity contribution in [3.8, 4) is 17.2 Å². The Morgan fingerprint density at radius 3 is 2.49 bits per heavy atom. The maximum Gasteiger partial charge on any atom is 0.170 e. The van der Waals surface area contributed by atoms with E-state index in [1.54, 1.807) is 0 Å². The molecule has 37 heavy (non-hydrogen) atoms. The zero-order chi connectivity index (χ0) is 26.6. The van der Waals surface area contributed by atoms with Crippen LogP contribution in [0, 0.1) is 0 Å². The van der Waals surface area contributed by atoms with Crippen LogP contribution in [0.3, 0.4) is 0 Å². The van der Waals surface area contributed by atoms with E-state index in [4.69, 9.17) is 18.9 Å². The number of aryl methyl sites for hydroxylation is 2. The predicted octanol–water partition coefficient (Wildman–Crippen LogP) is 7.35. The first-order valence-corrected chi connectivity index (χ1v) is 13.9. The highest BCUT2D eigenvalue weighted by molar-refractivity contribution is 6.00. The zero-order valence-electron chi connectivity index (χ0n) is 23.6. The van der Waals surface area contributed by atoms with Gasteiger partial charge in [0.1, 0.15) is 34.6 Å². The molecule has 0 spiro atoms. The largest absolute Gasteiger partial charge is 0.487 e. The van der Waals surface area contributed by atoms with Gasteiger partial charge in [-0.15, -0.1) is 0 Å². The maximum atomic E-state index is 13.3. The predicted molar refractivity (Wildman–Crippen MR) is 145 cm³/mol. The smallest absolute Gasteiger partial charge is 0.170 e. The molecule has 0 saturated carbocycles. The summed E-state index contributed by atoms with van der Waals surface area (Å²) in [5, 5.41) is 0. The number of hydrogen-bond donors (Lipinski definition) is 0. The number of ketones is 1. The summed E-state index contributed by atoms with van der Waals surface area (Å²) in [6.45, 7) is 15.5. The van der Waals surface area contributed by atoms with Crippen molar-refractivity contribution in [2.45, 2.75) is 116 Å². The van der Waals surface area contributed by atoms with Crippen LogP contribution in [0.5, 0.6) is 17.2 Å². The van der Waals surface area contributed by atoms with E-state index in [9.17, 15) is 4.79 Å². The molecule has 0 bridgehead atoms. The molecule has 3 heterocycles. The zero-order valence-corrected chi connectivity index (χ0v) is 23.6. The Balaban J connectivity index is 1.50. The lowest BCUT2D eigenvalue weighted by Crippen LogP contribution is -2.34. The normalized spacial score (nSPS) is 21.6. The quantitative estimate of drug-likeness (QED) is 0.410. The third-order valence-electron chi connectivity index (χ3n) is 8.06. The van der Waals surface area contributed by atoms with E-state index in [-0.39, 0.29) is 28.7 Å². The highest BCUT2D eigenvalue weighted by Crippen LogP contribution is 2.46. The van der Waals surface area contributed by atoms with Gasteiger partial charge >= 0.3 is 0 Å². The summed E-state index contributed by atoms with van der Waals surface area (Å²) in [6, 6.07) is 8.23. The Hall–Kier alpha value is -2.53. The topological polar surface area (TPSA) is 54.0 Å². The monoisotopic (exact) mass is 506 g/mol. The number of benzene rings is 2. The van der Waals surface area contributed by atoms with Crippen molar-refractivity contribution in [3.63, 3.8) is 0 Å². The fourth-order valence-electron chi connectivity index (χ4n) is 5.85. The Kier molecular flexibility index (Phi) is 6.59. The first kappa shape index (κ1) is 26.1. The van der Waals surface area contributed by atoms with E-state index in [0.717, 1.165) is 61.2 Å². The van der Waals surface area contributed by atoms with Gasteiger partial charge in [0.2, 0.25) is 0 Å². The van der Waals surface area contributed by atoms with Gasteiger partial charge in [-0.3, -0.25) is 4.79 Å². The number of ether oxygens (including phenoxy) is 4. The Bertz CT molecular complexity index is 1210. The summed E-state index contributed by atoms with van der Waals surface area (Å²) in [7, 11) is 0. The number of carbonyl (C=O) groups excluding carboxylic acids is 1. The third-order valence-corrected chi connectivity index (χ3v) is 8.06. The second-order valence-corrected chi connectivity index (χ2v) is 12.7. The summed E-state index contributed by atoms with van der Waals surface area (Å²) in [5.74, 6) is 2.68. The van der Waals surface area contributed by atoms with Gasteiger partial charge in [0.15, 0.2) is 5.78 Å². The summed E-state index contributed by atoms with van der Waals surface area (Å²) in [6.07, 6.45) is 5.40. The molecule has 0 fully saturated rings. The molecular formula is C32H42O5. The molecule has 5 rings (SSSR count). The second kappa shape index (κ2) is 9.34. The van der Waals surface area contributed by atoms with Gasteiger partial charge in [0.05, 0.1) is 17.6 Å². The van der Waals surface area contributed by atoms with Crippen LogP contribution in [-0.4, -0.2) is 29.2 Å². The van der Waals surface area contributed by atoms with Crippen molar-refractivity contribution >= 4 is 5.78 Å². The Morgan fingerprint density at radius 1 is 1.00 bits per heavy atom. The van der Waals surface area contributed by atoms with Crippen molar-refractivity contribution in [2.75, 3.05) is 6.61 Å². The van der Waals surface area contributed by atoms with Crippen molar-refractivity contribution in [2.24, 2.45) is 0 Å². The molecule has 5 nitrogen and oxygen atoms in total. The molecule has 200 valence electrons. The van der Waals surface area contributed by atoms with E-state index < -0.39 is 0 Å². The van der Waals surface area contributed by atoms with Crippen LogP contribution in [0.2, 0.25) is 0 Å². The summed E-state index contributed by atoms with van der Waals surface area (Å²) in [5.41, 5.74) is 4.53. The van der Waals surface area contributed by atoms with Crippen LogP contribution in [0.4, 0.5) is 0 Å². The minimum Gasteiger partial charge on any atom is -0.487 e.